The van der Waals surface area contributed by atoms with Gasteiger partial charge >= 0.3 is 11.6 Å². The Bertz CT molecular complexity index is 1070. The normalized spacial score (nSPS) is 10.7. The quantitative estimate of drug-likeness (QED) is 0.605. The predicted octanol–water partition coefficient (Wildman–Crippen LogP) is 2.63. The van der Waals surface area contributed by atoms with Gasteiger partial charge in [-0.3, -0.25) is 9.59 Å². The molecule has 3 rings (SSSR count). The zero-order valence-electron chi connectivity index (χ0n) is 13.2. The van der Waals surface area contributed by atoms with Crippen molar-refractivity contribution in [3.8, 4) is 16.9 Å². The van der Waals surface area contributed by atoms with E-state index in [1.54, 1.807) is 36.4 Å². The molecule has 0 aliphatic carbocycles. The van der Waals surface area contributed by atoms with Crippen molar-refractivity contribution in [3.05, 3.63) is 63.5 Å². The first-order valence-electron chi connectivity index (χ1n) is 7.43. The number of aliphatic carboxylic acids is 1. The van der Waals surface area contributed by atoms with E-state index in [9.17, 15) is 19.5 Å². The fourth-order valence-electron chi connectivity index (χ4n) is 2.51. The molecule has 0 saturated carbocycles. The molecule has 1 heterocycles. The summed E-state index contributed by atoms with van der Waals surface area (Å²) in [6.45, 7) is -0.694. The van der Waals surface area contributed by atoms with Gasteiger partial charge in [-0.15, -0.1) is 0 Å². The van der Waals surface area contributed by atoms with Gasteiger partial charge in [-0.2, -0.15) is 0 Å². The van der Waals surface area contributed by atoms with E-state index in [1.807, 2.05) is 5.32 Å². The van der Waals surface area contributed by atoms with Crippen LogP contribution in [0.4, 0.5) is 0 Å². The number of nitrogens with one attached hydrogen (secondary N) is 1. The Morgan fingerprint density at radius 1 is 1.12 bits per heavy atom. The third kappa shape index (κ3) is 3.25. The van der Waals surface area contributed by atoms with Crippen LogP contribution >= 0.6 is 11.6 Å². The van der Waals surface area contributed by atoms with Crippen molar-refractivity contribution in [2.45, 2.75) is 0 Å². The molecule has 0 radical (unpaired) electrons. The number of carboxylic acids is 1. The van der Waals surface area contributed by atoms with Gasteiger partial charge in [-0.05, 0) is 23.8 Å². The van der Waals surface area contributed by atoms with Crippen LogP contribution in [0.3, 0.4) is 0 Å². The minimum atomic E-state index is -1.28. The molecule has 0 saturated heterocycles. The van der Waals surface area contributed by atoms with Crippen molar-refractivity contribution in [1.82, 2.24) is 5.32 Å². The van der Waals surface area contributed by atoms with E-state index in [0.29, 0.717) is 16.1 Å². The van der Waals surface area contributed by atoms with E-state index < -0.39 is 35.4 Å². The number of hydrogen-bond donors (Lipinski definition) is 3. The molecule has 1 amide bonds. The monoisotopic (exact) mass is 373 g/mol. The molecule has 0 aliphatic rings. The SMILES string of the molecule is O=C(O)CNC(=O)c1c(O)c2cccc(-c3ccc(Cl)cc3)c2oc1=O. The lowest BCUT2D eigenvalue weighted by Gasteiger charge is -2.09. The van der Waals surface area contributed by atoms with Gasteiger partial charge in [0.2, 0.25) is 0 Å². The second-order valence-corrected chi connectivity index (χ2v) is 5.82. The summed E-state index contributed by atoms with van der Waals surface area (Å²) in [4.78, 5) is 34.8. The highest BCUT2D eigenvalue weighted by atomic mass is 35.5. The molecular formula is C18H12ClNO6. The van der Waals surface area contributed by atoms with Gasteiger partial charge in [0.05, 0.1) is 5.39 Å². The van der Waals surface area contributed by atoms with Crippen molar-refractivity contribution >= 4 is 34.4 Å². The van der Waals surface area contributed by atoms with E-state index >= 15 is 0 Å². The summed E-state index contributed by atoms with van der Waals surface area (Å²) in [6, 6.07) is 11.6. The van der Waals surface area contributed by atoms with Crippen LogP contribution < -0.4 is 10.9 Å². The van der Waals surface area contributed by atoms with Crippen molar-refractivity contribution in [2.75, 3.05) is 6.54 Å². The topological polar surface area (TPSA) is 117 Å². The zero-order chi connectivity index (χ0) is 18.8. The molecular weight excluding hydrogens is 362 g/mol. The highest BCUT2D eigenvalue weighted by Gasteiger charge is 2.22. The summed E-state index contributed by atoms with van der Waals surface area (Å²) in [5.41, 5.74) is -0.381. The first-order chi connectivity index (χ1) is 12.4. The second-order valence-electron chi connectivity index (χ2n) is 5.38. The summed E-state index contributed by atoms with van der Waals surface area (Å²) < 4.78 is 5.26. The number of benzene rings is 2. The second kappa shape index (κ2) is 6.89. The number of rotatable bonds is 4. The number of fused-ring (bicyclic) bond motifs is 1. The minimum Gasteiger partial charge on any atom is -0.506 e. The molecule has 132 valence electrons. The molecule has 0 unspecified atom stereocenters. The number of hydrogen-bond acceptors (Lipinski definition) is 5. The highest BCUT2D eigenvalue weighted by Crippen LogP contribution is 2.34. The lowest BCUT2D eigenvalue weighted by molar-refractivity contribution is -0.135. The van der Waals surface area contributed by atoms with Gasteiger partial charge in [0.25, 0.3) is 5.91 Å². The van der Waals surface area contributed by atoms with E-state index in [-0.39, 0.29) is 11.0 Å². The average molecular weight is 374 g/mol. The van der Waals surface area contributed by atoms with Gasteiger partial charge in [0.15, 0.2) is 5.56 Å². The van der Waals surface area contributed by atoms with Gasteiger partial charge in [-0.1, -0.05) is 35.9 Å². The van der Waals surface area contributed by atoms with Crippen LogP contribution in [0, 0.1) is 0 Å². The van der Waals surface area contributed by atoms with Gasteiger partial charge < -0.3 is 19.9 Å². The van der Waals surface area contributed by atoms with E-state index in [2.05, 4.69) is 0 Å². The standard InChI is InChI=1S/C18H12ClNO6/c19-10-6-4-9(5-7-10)11-2-1-3-12-15(23)14(18(25)26-16(11)12)17(24)20-8-13(21)22/h1-7,23H,8H2,(H,20,24)(H,21,22). The molecule has 1 aromatic heterocycles. The molecule has 7 nitrogen and oxygen atoms in total. The van der Waals surface area contributed by atoms with Crippen molar-refractivity contribution < 1.29 is 24.2 Å². The van der Waals surface area contributed by atoms with E-state index in [1.165, 1.54) is 6.07 Å². The Balaban J connectivity index is 2.16. The fourth-order valence-corrected chi connectivity index (χ4v) is 2.64. The molecule has 0 aliphatic heterocycles. The van der Waals surface area contributed by atoms with E-state index in [4.69, 9.17) is 21.1 Å². The molecule has 0 spiro atoms. The highest BCUT2D eigenvalue weighted by molar-refractivity contribution is 6.30. The lowest BCUT2D eigenvalue weighted by Crippen LogP contribution is -2.32. The zero-order valence-corrected chi connectivity index (χ0v) is 13.9. The van der Waals surface area contributed by atoms with Gasteiger partial charge in [0.1, 0.15) is 17.9 Å². The van der Waals surface area contributed by atoms with Crippen LogP contribution in [0.15, 0.2) is 51.7 Å². The van der Waals surface area contributed by atoms with Crippen molar-refractivity contribution in [2.24, 2.45) is 0 Å². The fraction of sp³-hybridized carbons (Fsp3) is 0.0556. The van der Waals surface area contributed by atoms with Gasteiger partial charge in [-0.25, -0.2) is 4.79 Å². The number of aromatic hydroxyl groups is 1. The van der Waals surface area contributed by atoms with Crippen molar-refractivity contribution in [1.29, 1.82) is 0 Å². The molecule has 3 aromatic rings. The Morgan fingerprint density at radius 2 is 1.81 bits per heavy atom. The predicted molar refractivity (Wildman–Crippen MR) is 94.6 cm³/mol. The summed E-state index contributed by atoms with van der Waals surface area (Å²) >= 11 is 5.88. The van der Waals surface area contributed by atoms with Crippen LogP contribution in [0.5, 0.6) is 5.75 Å². The minimum absolute atomic E-state index is 0.104. The molecule has 26 heavy (non-hydrogen) atoms. The largest absolute Gasteiger partial charge is 0.506 e. The molecule has 2 aromatic carbocycles. The number of halogens is 1. The Kier molecular flexibility index (Phi) is 4.64. The maximum Gasteiger partial charge on any atom is 0.353 e. The Morgan fingerprint density at radius 3 is 2.46 bits per heavy atom. The van der Waals surface area contributed by atoms with Crippen LogP contribution in [-0.2, 0) is 4.79 Å². The number of para-hydroxylation sites is 1. The first-order valence-corrected chi connectivity index (χ1v) is 7.81. The maximum atomic E-state index is 12.2. The summed E-state index contributed by atoms with van der Waals surface area (Å²) in [7, 11) is 0. The Hall–Kier alpha value is -3.32. The van der Waals surface area contributed by atoms with Crippen LogP contribution in [0.1, 0.15) is 10.4 Å². The third-order valence-corrected chi connectivity index (χ3v) is 3.94. The molecule has 0 atom stereocenters. The van der Waals surface area contributed by atoms with Gasteiger partial charge in [0, 0.05) is 10.6 Å². The summed E-state index contributed by atoms with van der Waals surface area (Å²) in [5, 5.41) is 21.7. The van der Waals surface area contributed by atoms with Crippen molar-refractivity contribution in [3.63, 3.8) is 0 Å². The Labute approximate surface area is 151 Å². The number of amides is 1. The molecule has 0 fully saturated rings. The van der Waals surface area contributed by atoms with Crippen LogP contribution in [0.2, 0.25) is 5.02 Å². The summed E-state index contributed by atoms with van der Waals surface area (Å²) in [5.74, 6) is -2.89. The maximum absolute atomic E-state index is 12.2. The molecule has 8 heteroatoms. The van der Waals surface area contributed by atoms with E-state index in [0.717, 1.165) is 0 Å². The first kappa shape index (κ1) is 17.5. The average Bonchev–Trinajstić information content (AvgIpc) is 2.60. The number of carbonyl (C=O) groups excluding carboxylic acids is 1. The molecule has 0 bridgehead atoms. The third-order valence-electron chi connectivity index (χ3n) is 3.69. The number of carboxylic acid groups (broad SMARTS) is 1. The summed E-state index contributed by atoms with van der Waals surface area (Å²) in [6.07, 6.45) is 0. The van der Waals surface area contributed by atoms with Crippen LogP contribution in [-0.4, -0.2) is 28.6 Å². The lowest BCUT2D eigenvalue weighted by atomic mass is 10.0. The number of carbonyl (C=O) groups is 2. The molecule has 3 N–H and O–H groups in total. The smallest absolute Gasteiger partial charge is 0.353 e. The van der Waals surface area contributed by atoms with Crippen LogP contribution in [0.25, 0.3) is 22.1 Å².